The first-order chi connectivity index (χ1) is 12.9. The van der Waals surface area contributed by atoms with E-state index >= 15 is 0 Å². The molecule has 0 saturated heterocycles. The zero-order valence-corrected chi connectivity index (χ0v) is 14.1. The number of carbonyl (C=O) groups excluding carboxylic acids is 1. The lowest BCUT2D eigenvalue weighted by Crippen LogP contribution is -2.16. The molecule has 2 aromatic carbocycles. The van der Waals surface area contributed by atoms with Crippen molar-refractivity contribution in [3.8, 4) is 0 Å². The number of nitrogens with zero attached hydrogens (tertiary/aromatic N) is 1. The van der Waals surface area contributed by atoms with Crippen molar-refractivity contribution in [2.45, 2.75) is 24.9 Å². The highest BCUT2D eigenvalue weighted by atomic mass is 19.4. The van der Waals surface area contributed by atoms with Gasteiger partial charge in [-0.3, -0.25) is 4.79 Å². The Labute approximate surface area is 152 Å². The lowest BCUT2D eigenvalue weighted by Gasteiger charge is -2.12. The number of aromatic nitrogens is 1. The fourth-order valence-electron chi connectivity index (χ4n) is 2.78. The summed E-state index contributed by atoms with van der Waals surface area (Å²) < 4.78 is 45.6. The van der Waals surface area contributed by atoms with Gasteiger partial charge in [0.1, 0.15) is 5.52 Å². The van der Waals surface area contributed by atoms with E-state index in [9.17, 15) is 18.0 Å². The van der Waals surface area contributed by atoms with Crippen LogP contribution in [0.2, 0.25) is 0 Å². The Bertz CT molecular complexity index is 1020. The highest BCUT2D eigenvalue weighted by Crippen LogP contribution is 2.40. The lowest BCUT2D eigenvalue weighted by molar-refractivity contribution is -0.112. The van der Waals surface area contributed by atoms with Crippen LogP contribution in [0.4, 0.5) is 18.9 Å². The lowest BCUT2D eigenvalue weighted by atomic mass is 10.1. The molecule has 0 spiro atoms. The Morgan fingerprint density at radius 3 is 2.56 bits per heavy atom. The van der Waals surface area contributed by atoms with Crippen LogP contribution >= 0.6 is 0 Å². The second kappa shape index (κ2) is 6.57. The first-order valence-electron chi connectivity index (χ1n) is 8.46. The quantitative estimate of drug-likeness (QED) is 0.633. The van der Waals surface area contributed by atoms with E-state index in [2.05, 4.69) is 10.3 Å². The van der Waals surface area contributed by atoms with Gasteiger partial charge in [0.15, 0.2) is 11.5 Å². The fourth-order valence-corrected chi connectivity index (χ4v) is 2.78. The molecule has 4 rings (SSSR count). The van der Waals surface area contributed by atoms with Gasteiger partial charge in [-0.2, -0.15) is 13.2 Å². The maximum Gasteiger partial charge on any atom is 0.417 e. The van der Waals surface area contributed by atoms with Crippen molar-refractivity contribution >= 4 is 28.3 Å². The molecule has 7 heteroatoms. The van der Waals surface area contributed by atoms with Gasteiger partial charge in [0.05, 0.1) is 5.57 Å². The van der Waals surface area contributed by atoms with E-state index in [1.165, 1.54) is 24.3 Å². The van der Waals surface area contributed by atoms with Crippen LogP contribution < -0.4 is 5.32 Å². The van der Waals surface area contributed by atoms with E-state index in [1.54, 1.807) is 24.3 Å². The number of benzene rings is 2. The van der Waals surface area contributed by atoms with Gasteiger partial charge in [0, 0.05) is 17.7 Å². The molecule has 1 fully saturated rings. The Kier molecular flexibility index (Phi) is 4.22. The molecule has 0 atom stereocenters. The minimum absolute atomic E-state index is 0.0684. The predicted octanol–water partition coefficient (Wildman–Crippen LogP) is 5.29. The highest BCUT2D eigenvalue weighted by Gasteiger charge is 2.35. The van der Waals surface area contributed by atoms with Crippen LogP contribution in [0.15, 0.2) is 59.0 Å². The van der Waals surface area contributed by atoms with E-state index in [0.717, 1.165) is 12.8 Å². The minimum Gasteiger partial charge on any atom is -0.440 e. The summed E-state index contributed by atoms with van der Waals surface area (Å²) in [7, 11) is 0. The number of hydrogen-bond acceptors (Lipinski definition) is 3. The molecule has 27 heavy (non-hydrogen) atoms. The SMILES string of the molecule is O=C(C=C(c1ccccc1)C(F)(F)F)Nc1ccc2oc(C3CC3)nc2c1. The van der Waals surface area contributed by atoms with Crippen LogP contribution in [0.25, 0.3) is 16.7 Å². The van der Waals surface area contributed by atoms with E-state index in [1.807, 2.05) is 0 Å². The van der Waals surface area contributed by atoms with Crippen molar-refractivity contribution < 1.29 is 22.4 Å². The first kappa shape index (κ1) is 17.3. The summed E-state index contributed by atoms with van der Waals surface area (Å²) in [6.45, 7) is 0. The summed E-state index contributed by atoms with van der Waals surface area (Å²) >= 11 is 0. The third-order valence-corrected chi connectivity index (χ3v) is 4.26. The average molecular weight is 372 g/mol. The van der Waals surface area contributed by atoms with Crippen molar-refractivity contribution in [2.75, 3.05) is 5.32 Å². The number of rotatable bonds is 4. The van der Waals surface area contributed by atoms with Crippen LogP contribution in [0.3, 0.4) is 0 Å². The highest BCUT2D eigenvalue weighted by molar-refractivity contribution is 6.05. The normalized spacial score (nSPS) is 15.1. The Hall–Kier alpha value is -3.09. The molecule has 1 N–H and O–H groups in total. The number of anilines is 1. The summed E-state index contributed by atoms with van der Waals surface area (Å²) in [5.74, 6) is 0.145. The number of hydrogen-bond donors (Lipinski definition) is 1. The molecule has 0 bridgehead atoms. The van der Waals surface area contributed by atoms with Gasteiger partial charge in [-0.25, -0.2) is 4.98 Å². The molecule has 0 radical (unpaired) electrons. The van der Waals surface area contributed by atoms with Crippen molar-refractivity contribution in [3.05, 3.63) is 66.1 Å². The number of alkyl halides is 3. The molecule has 1 aliphatic carbocycles. The molecule has 4 nitrogen and oxygen atoms in total. The number of carbonyl (C=O) groups is 1. The largest absolute Gasteiger partial charge is 0.440 e. The zero-order valence-electron chi connectivity index (χ0n) is 14.1. The number of amides is 1. The number of halogens is 3. The van der Waals surface area contributed by atoms with Gasteiger partial charge in [0.2, 0.25) is 5.91 Å². The van der Waals surface area contributed by atoms with Gasteiger partial charge < -0.3 is 9.73 Å². The molecule has 1 aliphatic rings. The number of allylic oxidation sites excluding steroid dienone is 1. The topological polar surface area (TPSA) is 55.1 Å². The predicted molar refractivity (Wildman–Crippen MR) is 95.1 cm³/mol. The maximum atomic E-state index is 13.3. The Morgan fingerprint density at radius 1 is 1.15 bits per heavy atom. The second-order valence-electron chi connectivity index (χ2n) is 6.42. The second-order valence-corrected chi connectivity index (χ2v) is 6.42. The molecule has 0 aliphatic heterocycles. The molecule has 1 saturated carbocycles. The number of nitrogens with one attached hydrogen (secondary N) is 1. The third kappa shape index (κ3) is 3.86. The molecule has 1 heterocycles. The van der Waals surface area contributed by atoms with Crippen LogP contribution in [0.5, 0.6) is 0 Å². The van der Waals surface area contributed by atoms with Crippen molar-refractivity contribution in [2.24, 2.45) is 0 Å². The summed E-state index contributed by atoms with van der Waals surface area (Å²) in [6, 6.07) is 12.0. The van der Waals surface area contributed by atoms with Crippen LogP contribution in [-0.4, -0.2) is 17.1 Å². The smallest absolute Gasteiger partial charge is 0.417 e. The average Bonchev–Trinajstić information content (AvgIpc) is 3.39. The fraction of sp³-hybridized carbons (Fsp3) is 0.200. The molecule has 1 amide bonds. The minimum atomic E-state index is -4.64. The van der Waals surface area contributed by atoms with E-state index in [0.29, 0.717) is 34.7 Å². The van der Waals surface area contributed by atoms with Gasteiger partial charge in [0.25, 0.3) is 0 Å². The molecule has 0 unspecified atom stereocenters. The van der Waals surface area contributed by atoms with Gasteiger partial charge in [-0.05, 0) is 36.6 Å². The first-order valence-corrected chi connectivity index (χ1v) is 8.46. The molecule has 3 aromatic rings. The summed E-state index contributed by atoms with van der Waals surface area (Å²) in [6.07, 6.45) is -1.99. The van der Waals surface area contributed by atoms with Gasteiger partial charge in [-0.1, -0.05) is 30.3 Å². The van der Waals surface area contributed by atoms with Crippen LogP contribution in [0.1, 0.15) is 30.2 Å². The molecular weight excluding hydrogens is 357 g/mol. The van der Waals surface area contributed by atoms with Gasteiger partial charge >= 0.3 is 6.18 Å². The summed E-state index contributed by atoms with van der Waals surface area (Å²) in [5.41, 5.74) is 0.442. The molecule has 138 valence electrons. The zero-order chi connectivity index (χ0) is 19.0. The Balaban J connectivity index is 1.58. The van der Waals surface area contributed by atoms with Crippen molar-refractivity contribution in [1.29, 1.82) is 0 Å². The molecule has 1 aromatic heterocycles. The maximum absolute atomic E-state index is 13.3. The summed E-state index contributed by atoms with van der Waals surface area (Å²) in [4.78, 5) is 16.5. The Morgan fingerprint density at radius 2 is 1.89 bits per heavy atom. The van der Waals surface area contributed by atoms with Crippen molar-refractivity contribution in [3.63, 3.8) is 0 Å². The number of oxazole rings is 1. The van der Waals surface area contributed by atoms with Crippen molar-refractivity contribution in [1.82, 2.24) is 4.98 Å². The van der Waals surface area contributed by atoms with E-state index < -0.39 is 17.7 Å². The summed E-state index contributed by atoms with van der Waals surface area (Å²) in [5, 5.41) is 2.46. The van der Waals surface area contributed by atoms with E-state index in [-0.39, 0.29) is 5.56 Å². The standard InChI is InChI=1S/C20H15F3N2O2/c21-20(22,23)15(12-4-2-1-3-5-12)11-18(26)24-14-8-9-17-16(10-14)25-19(27-17)13-6-7-13/h1-5,8-11,13H,6-7H2,(H,24,26). The molecular formula is C20H15F3N2O2. The third-order valence-electron chi connectivity index (χ3n) is 4.26. The van der Waals surface area contributed by atoms with Crippen LogP contribution in [-0.2, 0) is 4.79 Å². The van der Waals surface area contributed by atoms with Gasteiger partial charge in [-0.15, -0.1) is 0 Å². The number of fused-ring (bicyclic) bond motifs is 1. The van der Waals surface area contributed by atoms with E-state index in [4.69, 9.17) is 4.42 Å². The monoisotopic (exact) mass is 372 g/mol. The van der Waals surface area contributed by atoms with Crippen LogP contribution in [0, 0.1) is 0 Å².